The molecule has 0 heterocycles. The zero-order chi connectivity index (χ0) is 14.6. The largest absolute Gasteiger partial charge is 0.435 e. The Kier molecular flexibility index (Phi) is 4.54. The Balaban J connectivity index is 1.88. The summed E-state index contributed by atoms with van der Waals surface area (Å²) in [5, 5.41) is 2.74. The van der Waals surface area contributed by atoms with Crippen LogP contribution in [0.25, 0.3) is 0 Å². The van der Waals surface area contributed by atoms with Gasteiger partial charge >= 0.3 is 6.61 Å². The van der Waals surface area contributed by atoms with E-state index in [1.165, 1.54) is 24.3 Å². The topological polar surface area (TPSA) is 64.4 Å². The van der Waals surface area contributed by atoms with Gasteiger partial charge in [-0.25, -0.2) is 0 Å². The molecule has 1 saturated carbocycles. The molecule has 6 heteroatoms. The molecule has 0 aliphatic heterocycles. The fourth-order valence-electron chi connectivity index (χ4n) is 2.40. The molecule has 110 valence electrons. The molecular weight excluding hydrogens is 266 g/mol. The first-order valence-electron chi connectivity index (χ1n) is 6.58. The molecule has 1 amide bonds. The van der Waals surface area contributed by atoms with Crippen LogP contribution < -0.4 is 15.8 Å². The van der Waals surface area contributed by atoms with Crippen LogP contribution in [-0.2, 0) is 4.79 Å². The number of alkyl halides is 2. The third-order valence-electron chi connectivity index (χ3n) is 3.75. The van der Waals surface area contributed by atoms with Crippen molar-refractivity contribution in [2.24, 2.45) is 11.1 Å². The molecule has 1 aromatic carbocycles. The Morgan fingerprint density at radius 1 is 1.35 bits per heavy atom. The Morgan fingerprint density at radius 3 is 2.45 bits per heavy atom. The smallest absolute Gasteiger partial charge is 0.387 e. The van der Waals surface area contributed by atoms with Gasteiger partial charge in [-0.15, -0.1) is 0 Å². The molecule has 0 unspecified atom stereocenters. The van der Waals surface area contributed by atoms with E-state index in [1.54, 1.807) is 0 Å². The van der Waals surface area contributed by atoms with E-state index < -0.39 is 6.61 Å². The molecule has 4 nitrogen and oxygen atoms in total. The Hall–Kier alpha value is -1.69. The van der Waals surface area contributed by atoms with Crippen molar-refractivity contribution >= 4 is 11.6 Å². The van der Waals surface area contributed by atoms with Gasteiger partial charge in [-0.2, -0.15) is 8.78 Å². The molecule has 0 aromatic heterocycles. The number of carbonyl (C=O) groups excluding carboxylic acids is 1. The zero-order valence-corrected chi connectivity index (χ0v) is 11.1. The van der Waals surface area contributed by atoms with Crippen LogP contribution >= 0.6 is 0 Å². The molecule has 2 rings (SSSR count). The van der Waals surface area contributed by atoms with Crippen LogP contribution in [0.4, 0.5) is 14.5 Å². The number of hydrogen-bond acceptors (Lipinski definition) is 3. The van der Waals surface area contributed by atoms with Gasteiger partial charge in [-0.3, -0.25) is 4.79 Å². The predicted octanol–water partition coefficient (Wildman–Crippen LogP) is 2.75. The number of rotatable bonds is 6. The lowest BCUT2D eigenvalue weighted by Crippen LogP contribution is -2.40. The summed E-state index contributed by atoms with van der Waals surface area (Å²) in [5.41, 5.74) is 6.21. The van der Waals surface area contributed by atoms with Crippen molar-refractivity contribution in [3.8, 4) is 5.75 Å². The first-order valence-corrected chi connectivity index (χ1v) is 6.58. The maximum atomic E-state index is 12.0. The van der Waals surface area contributed by atoms with Crippen molar-refractivity contribution in [1.29, 1.82) is 0 Å². The number of hydrogen-bond donors (Lipinski definition) is 2. The van der Waals surface area contributed by atoms with E-state index in [1.807, 2.05) is 0 Å². The van der Waals surface area contributed by atoms with E-state index in [9.17, 15) is 13.6 Å². The number of anilines is 1. The zero-order valence-electron chi connectivity index (χ0n) is 11.1. The summed E-state index contributed by atoms with van der Waals surface area (Å²) in [5.74, 6) is -0.0342. The van der Waals surface area contributed by atoms with E-state index >= 15 is 0 Å². The van der Waals surface area contributed by atoms with Crippen LogP contribution in [0.15, 0.2) is 24.3 Å². The second-order valence-electron chi connectivity index (χ2n) is 5.19. The number of halogens is 2. The van der Waals surface area contributed by atoms with Gasteiger partial charge in [0.25, 0.3) is 0 Å². The highest BCUT2D eigenvalue weighted by Gasteiger charge is 2.37. The van der Waals surface area contributed by atoms with Gasteiger partial charge < -0.3 is 15.8 Å². The second-order valence-corrected chi connectivity index (χ2v) is 5.19. The summed E-state index contributed by atoms with van der Waals surface area (Å²) in [6.07, 6.45) is 3.49. The predicted molar refractivity (Wildman–Crippen MR) is 71.7 cm³/mol. The highest BCUT2D eigenvalue weighted by molar-refractivity contribution is 5.91. The van der Waals surface area contributed by atoms with Crippen LogP contribution in [0.1, 0.15) is 25.7 Å². The quantitative estimate of drug-likeness (QED) is 0.844. The number of benzene rings is 1. The van der Waals surface area contributed by atoms with E-state index in [0.29, 0.717) is 18.7 Å². The van der Waals surface area contributed by atoms with Crippen LogP contribution in [-0.4, -0.2) is 19.1 Å². The number of ether oxygens (including phenoxy) is 1. The fraction of sp³-hybridized carbons (Fsp3) is 0.500. The van der Waals surface area contributed by atoms with Gasteiger partial charge in [0.1, 0.15) is 5.75 Å². The van der Waals surface area contributed by atoms with E-state index in [2.05, 4.69) is 10.1 Å². The Morgan fingerprint density at radius 2 is 2.00 bits per heavy atom. The van der Waals surface area contributed by atoms with Crippen LogP contribution in [0.3, 0.4) is 0 Å². The average molecular weight is 284 g/mol. The fourth-order valence-corrected chi connectivity index (χ4v) is 2.40. The van der Waals surface area contributed by atoms with E-state index in [-0.39, 0.29) is 17.1 Å². The lowest BCUT2D eigenvalue weighted by molar-refractivity contribution is -0.119. The van der Waals surface area contributed by atoms with Crippen LogP contribution in [0.5, 0.6) is 5.75 Å². The van der Waals surface area contributed by atoms with Crippen molar-refractivity contribution in [3.05, 3.63) is 24.3 Å². The molecule has 3 N–H and O–H groups in total. The van der Waals surface area contributed by atoms with Gasteiger partial charge in [0.05, 0.1) is 0 Å². The molecule has 0 saturated heterocycles. The molecule has 20 heavy (non-hydrogen) atoms. The summed E-state index contributed by atoms with van der Waals surface area (Å²) in [4.78, 5) is 11.9. The minimum absolute atomic E-state index is 0.0528. The highest BCUT2D eigenvalue weighted by atomic mass is 19.3. The lowest BCUT2D eigenvalue weighted by atomic mass is 9.66. The standard InChI is InChI=1S/C14H18F2N2O2/c15-13(16)20-11-4-2-10(3-5-11)18-12(19)8-14(9-17)6-1-7-14/h2-5,13H,1,6-9,17H2,(H,18,19). The Bertz CT molecular complexity index is 453. The molecule has 0 atom stereocenters. The average Bonchev–Trinajstić information content (AvgIpc) is 2.36. The highest BCUT2D eigenvalue weighted by Crippen LogP contribution is 2.43. The number of carbonyl (C=O) groups is 1. The normalized spacial score (nSPS) is 16.6. The van der Waals surface area contributed by atoms with Crippen LogP contribution in [0, 0.1) is 5.41 Å². The molecule has 1 aliphatic carbocycles. The van der Waals surface area contributed by atoms with Crippen molar-refractivity contribution in [2.45, 2.75) is 32.3 Å². The van der Waals surface area contributed by atoms with Gasteiger partial charge in [-0.05, 0) is 49.1 Å². The minimum atomic E-state index is -2.85. The van der Waals surface area contributed by atoms with E-state index in [0.717, 1.165) is 19.3 Å². The Labute approximate surface area is 116 Å². The summed E-state index contributed by atoms with van der Waals surface area (Å²) < 4.78 is 28.2. The number of nitrogens with two attached hydrogens (primary N) is 1. The summed E-state index contributed by atoms with van der Waals surface area (Å²) >= 11 is 0. The summed E-state index contributed by atoms with van der Waals surface area (Å²) in [7, 11) is 0. The lowest BCUT2D eigenvalue weighted by Gasteiger charge is -2.40. The van der Waals surface area contributed by atoms with Crippen LogP contribution in [0.2, 0.25) is 0 Å². The molecule has 1 aromatic rings. The van der Waals surface area contributed by atoms with E-state index in [4.69, 9.17) is 5.73 Å². The molecule has 1 fully saturated rings. The molecule has 0 spiro atoms. The maximum Gasteiger partial charge on any atom is 0.387 e. The van der Waals surface area contributed by atoms with Gasteiger partial charge in [0.2, 0.25) is 5.91 Å². The number of nitrogens with one attached hydrogen (secondary N) is 1. The minimum Gasteiger partial charge on any atom is -0.435 e. The third kappa shape index (κ3) is 3.66. The molecule has 1 aliphatic rings. The SMILES string of the molecule is NCC1(CC(=O)Nc2ccc(OC(F)F)cc2)CCC1. The molecular formula is C14H18F2N2O2. The summed E-state index contributed by atoms with van der Waals surface area (Å²) in [6.45, 7) is -2.33. The van der Waals surface area contributed by atoms with Gasteiger partial charge in [0.15, 0.2) is 0 Å². The first kappa shape index (κ1) is 14.7. The van der Waals surface area contributed by atoms with Crippen molar-refractivity contribution < 1.29 is 18.3 Å². The summed E-state index contributed by atoms with van der Waals surface area (Å²) in [6, 6.07) is 5.85. The van der Waals surface area contributed by atoms with Crippen molar-refractivity contribution in [3.63, 3.8) is 0 Å². The molecule has 0 radical (unpaired) electrons. The van der Waals surface area contributed by atoms with Crippen molar-refractivity contribution in [1.82, 2.24) is 0 Å². The monoisotopic (exact) mass is 284 g/mol. The van der Waals surface area contributed by atoms with Crippen molar-refractivity contribution in [2.75, 3.05) is 11.9 Å². The third-order valence-corrected chi connectivity index (χ3v) is 3.75. The molecule has 0 bridgehead atoms. The first-order chi connectivity index (χ1) is 9.53. The maximum absolute atomic E-state index is 12.0. The van der Waals surface area contributed by atoms with Gasteiger partial charge in [0, 0.05) is 12.1 Å². The second kappa shape index (κ2) is 6.17. The number of amides is 1. The van der Waals surface area contributed by atoms with Gasteiger partial charge in [-0.1, -0.05) is 6.42 Å².